The summed E-state index contributed by atoms with van der Waals surface area (Å²) in [6, 6.07) is 11.8. The van der Waals surface area contributed by atoms with Crippen LogP contribution >= 0.6 is 0 Å². The van der Waals surface area contributed by atoms with E-state index in [1.807, 2.05) is 0 Å². The molecule has 31 heavy (non-hydrogen) atoms. The molecular formula is C20H13F3N8. The van der Waals surface area contributed by atoms with E-state index < -0.39 is 11.7 Å². The molecule has 0 saturated heterocycles. The van der Waals surface area contributed by atoms with E-state index in [1.165, 1.54) is 27.8 Å². The maximum Gasteiger partial charge on any atom is 0.416 e. The lowest BCUT2D eigenvalue weighted by molar-refractivity contribution is -0.137. The standard InChI is InChI=1S/C20H13F3N8/c21-20(22,23)14-3-1-2-13(8-14)19-15(12-6-7-25-16(24)9-12)10-30(29-19)18-5-4-17-27-26-11-31(17)28-18/h1-11H,(H2,24,25). The number of pyridine rings is 1. The summed E-state index contributed by atoms with van der Waals surface area (Å²) in [5, 5.41) is 16.6. The van der Waals surface area contributed by atoms with Gasteiger partial charge < -0.3 is 5.73 Å². The van der Waals surface area contributed by atoms with E-state index in [1.54, 1.807) is 36.5 Å². The summed E-state index contributed by atoms with van der Waals surface area (Å²) in [4.78, 5) is 3.98. The molecule has 0 saturated carbocycles. The second kappa shape index (κ2) is 6.90. The van der Waals surface area contributed by atoms with E-state index in [0.29, 0.717) is 33.8 Å². The summed E-state index contributed by atoms with van der Waals surface area (Å²) in [6.45, 7) is 0. The zero-order valence-corrected chi connectivity index (χ0v) is 15.7. The number of nitrogen functional groups attached to an aromatic ring is 1. The number of hydrogen-bond donors (Lipinski definition) is 1. The zero-order valence-electron chi connectivity index (χ0n) is 15.7. The van der Waals surface area contributed by atoms with Gasteiger partial charge in [0.05, 0.1) is 5.56 Å². The number of nitrogens with zero attached hydrogens (tertiary/aromatic N) is 7. The van der Waals surface area contributed by atoms with E-state index >= 15 is 0 Å². The number of halogens is 3. The molecule has 0 amide bonds. The Hall–Kier alpha value is -4.28. The normalized spacial score (nSPS) is 11.8. The maximum absolute atomic E-state index is 13.3. The van der Waals surface area contributed by atoms with Crippen molar-refractivity contribution in [2.24, 2.45) is 0 Å². The van der Waals surface area contributed by atoms with E-state index in [0.717, 1.165) is 12.1 Å². The third-order valence-electron chi connectivity index (χ3n) is 4.65. The first-order chi connectivity index (χ1) is 14.9. The summed E-state index contributed by atoms with van der Waals surface area (Å²) < 4.78 is 42.8. The Labute approximate surface area is 172 Å². The first-order valence-electron chi connectivity index (χ1n) is 9.05. The van der Waals surface area contributed by atoms with Crippen LogP contribution in [0.5, 0.6) is 0 Å². The average molecular weight is 422 g/mol. The van der Waals surface area contributed by atoms with Gasteiger partial charge in [0.1, 0.15) is 17.8 Å². The summed E-state index contributed by atoms with van der Waals surface area (Å²) in [6.07, 6.45) is 0.184. The second-order valence-electron chi connectivity index (χ2n) is 6.71. The van der Waals surface area contributed by atoms with Crippen LogP contribution < -0.4 is 5.73 Å². The van der Waals surface area contributed by atoms with Crippen LogP contribution in [0.15, 0.2) is 67.3 Å². The van der Waals surface area contributed by atoms with Gasteiger partial charge in [-0.25, -0.2) is 9.67 Å². The SMILES string of the molecule is Nc1cc(-c2cn(-c3ccc4nncn4n3)nc2-c2cccc(C(F)(F)F)c2)ccn1. The molecule has 0 fully saturated rings. The van der Waals surface area contributed by atoms with Gasteiger partial charge in [0.2, 0.25) is 0 Å². The lowest BCUT2D eigenvalue weighted by atomic mass is 10.0. The molecule has 0 aliphatic heterocycles. The average Bonchev–Trinajstić information content (AvgIpc) is 3.40. The third-order valence-corrected chi connectivity index (χ3v) is 4.65. The Balaban J connectivity index is 1.71. The Kier molecular flexibility index (Phi) is 4.17. The summed E-state index contributed by atoms with van der Waals surface area (Å²) >= 11 is 0. The van der Waals surface area contributed by atoms with Crippen LogP contribution in [-0.4, -0.2) is 34.6 Å². The molecule has 0 atom stereocenters. The molecule has 2 N–H and O–H groups in total. The number of anilines is 1. The van der Waals surface area contributed by atoms with E-state index in [2.05, 4.69) is 25.4 Å². The number of aromatic nitrogens is 7. The number of benzene rings is 1. The lowest BCUT2D eigenvalue weighted by Gasteiger charge is -2.09. The van der Waals surface area contributed by atoms with Crippen LogP contribution in [-0.2, 0) is 6.18 Å². The predicted molar refractivity (Wildman–Crippen MR) is 106 cm³/mol. The summed E-state index contributed by atoms with van der Waals surface area (Å²) in [5.74, 6) is 0.720. The van der Waals surface area contributed by atoms with Crippen LogP contribution in [0.25, 0.3) is 33.8 Å². The molecule has 154 valence electrons. The molecule has 0 radical (unpaired) electrons. The second-order valence-corrected chi connectivity index (χ2v) is 6.71. The largest absolute Gasteiger partial charge is 0.416 e. The van der Waals surface area contributed by atoms with Gasteiger partial charge >= 0.3 is 6.18 Å². The number of alkyl halides is 3. The monoisotopic (exact) mass is 422 g/mol. The summed E-state index contributed by atoms with van der Waals surface area (Å²) in [5.41, 5.74) is 7.51. The smallest absolute Gasteiger partial charge is 0.384 e. The van der Waals surface area contributed by atoms with Gasteiger partial charge in [-0.1, -0.05) is 12.1 Å². The zero-order chi connectivity index (χ0) is 21.6. The topological polar surface area (TPSA) is 99.8 Å². The van der Waals surface area contributed by atoms with Crippen LogP contribution in [0, 0.1) is 0 Å². The molecule has 5 aromatic rings. The number of rotatable bonds is 3. The summed E-state index contributed by atoms with van der Waals surface area (Å²) in [7, 11) is 0. The van der Waals surface area contributed by atoms with Gasteiger partial charge in [-0.05, 0) is 42.0 Å². The lowest BCUT2D eigenvalue weighted by Crippen LogP contribution is -2.05. The Morgan fingerprint density at radius 2 is 1.81 bits per heavy atom. The van der Waals surface area contributed by atoms with Crippen molar-refractivity contribution in [3.05, 3.63) is 72.8 Å². The van der Waals surface area contributed by atoms with Crippen molar-refractivity contribution >= 4 is 11.5 Å². The van der Waals surface area contributed by atoms with Gasteiger partial charge in [-0.15, -0.1) is 15.3 Å². The van der Waals surface area contributed by atoms with E-state index in [-0.39, 0.29) is 5.82 Å². The minimum absolute atomic E-state index is 0.282. The first kappa shape index (κ1) is 18.7. The van der Waals surface area contributed by atoms with Crippen molar-refractivity contribution in [1.82, 2.24) is 34.6 Å². The molecule has 0 bridgehead atoms. The molecule has 4 heterocycles. The fraction of sp³-hybridized carbons (Fsp3) is 0.0500. The number of nitrogens with two attached hydrogens (primary N) is 1. The van der Waals surface area contributed by atoms with Crippen LogP contribution in [0.2, 0.25) is 0 Å². The minimum atomic E-state index is -4.47. The van der Waals surface area contributed by atoms with Crippen LogP contribution in [0.1, 0.15) is 5.56 Å². The first-order valence-corrected chi connectivity index (χ1v) is 9.05. The Morgan fingerprint density at radius 1 is 0.935 bits per heavy atom. The fourth-order valence-electron chi connectivity index (χ4n) is 3.22. The molecular weight excluding hydrogens is 409 g/mol. The van der Waals surface area contributed by atoms with Gasteiger partial charge in [-0.2, -0.15) is 22.8 Å². The number of fused-ring (bicyclic) bond motifs is 1. The third kappa shape index (κ3) is 3.45. The molecule has 0 aliphatic rings. The van der Waals surface area contributed by atoms with Crippen molar-refractivity contribution in [2.75, 3.05) is 5.73 Å². The molecule has 0 unspecified atom stereocenters. The van der Waals surface area contributed by atoms with Crippen molar-refractivity contribution < 1.29 is 13.2 Å². The minimum Gasteiger partial charge on any atom is -0.384 e. The predicted octanol–water partition coefficient (Wildman–Crippen LogP) is 3.64. The maximum atomic E-state index is 13.3. The molecule has 0 aliphatic carbocycles. The molecule has 0 spiro atoms. The molecule has 11 heteroatoms. The Bertz CT molecular complexity index is 1400. The number of hydrogen-bond acceptors (Lipinski definition) is 6. The van der Waals surface area contributed by atoms with Crippen molar-refractivity contribution in [1.29, 1.82) is 0 Å². The fourth-order valence-corrected chi connectivity index (χ4v) is 3.22. The van der Waals surface area contributed by atoms with Gasteiger partial charge in [0.15, 0.2) is 11.5 Å². The Morgan fingerprint density at radius 3 is 2.61 bits per heavy atom. The molecule has 1 aromatic carbocycles. The van der Waals surface area contributed by atoms with Gasteiger partial charge in [-0.3, -0.25) is 0 Å². The van der Waals surface area contributed by atoms with Gasteiger partial charge in [0, 0.05) is 23.5 Å². The van der Waals surface area contributed by atoms with Crippen molar-refractivity contribution in [3.63, 3.8) is 0 Å². The van der Waals surface area contributed by atoms with E-state index in [4.69, 9.17) is 5.73 Å². The van der Waals surface area contributed by atoms with Gasteiger partial charge in [0.25, 0.3) is 0 Å². The highest BCUT2D eigenvalue weighted by Gasteiger charge is 2.31. The molecule has 8 nitrogen and oxygen atoms in total. The quantitative estimate of drug-likeness (QED) is 0.477. The van der Waals surface area contributed by atoms with Crippen molar-refractivity contribution in [3.8, 4) is 28.2 Å². The highest BCUT2D eigenvalue weighted by Crippen LogP contribution is 2.36. The van der Waals surface area contributed by atoms with E-state index in [9.17, 15) is 13.2 Å². The van der Waals surface area contributed by atoms with Crippen molar-refractivity contribution in [2.45, 2.75) is 6.18 Å². The molecule has 5 rings (SSSR count). The van der Waals surface area contributed by atoms with Crippen LogP contribution in [0.3, 0.4) is 0 Å². The highest BCUT2D eigenvalue weighted by molar-refractivity contribution is 5.81. The highest BCUT2D eigenvalue weighted by atomic mass is 19.4. The van der Waals surface area contributed by atoms with Crippen LogP contribution in [0.4, 0.5) is 19.0 Å². The molecule has 4 aromatic heterocycles.